The number of carbonyl (C=O) groups is 8. The van der Waals surface area contributed by atoms with Crippen LogP contribution in [0.2, 0.25) is 0 Å². The minimum atomic E-state index is -1.34. The number of fused-ring (bicyclic) bond motifs is 8. The number of hydrogen-bond donors (Lipinski definition) is 4. The zero-order valence-electron chi connectivity index (χ0n) is 64.8. The van der Waals surface area contributed by atoms with Gasteiger partial charge in [-0.1, -0.05) is 97.1 Å². The molecule has 600 valence electrons. The van der Waals surface area contributed by atoms with Crippen molar-refractivity contribution < 1.29 is 149 Å². The first kappa shape index (κ1) is 89.5. The molecule has 11 rings (SSSR count). The number of benzene rings is 4. The third kappa shape index (κ3) is 23.9. The molecule has 4 aliphatic rings. The molecule has 2 fully saturated rings. The Bertz CT molecular complexity index is 4580. The molecule has 7 aromatic rings. The molecule has 0 spiro atoms. The van der Waals surface area contributed by atoms with E-state index in [0.29, 0.717) is 22.8 Å². The van der Waals surface area contributed by atoms with Gasteiger partial charge in [-0.3, -0.25) is 48.6 Å². The molecule has 0 aliphatic carbocycles. The van der Waals surface area contributed by atoms with Crippen molar-refractivity contribution in [2.75, 3.05) is 157 Å². The summed E-state index contributed by atoms with van der Waals surface area (Å²) in [5, 5.41) is 76.7. The van der Waals surface area contributed by atoms with Gasteiger partial charge in [-0.05, 0) is 146 Å². The summed E-state index contributed by atoms with van der Waals surface area (Å²) in [5.41, 5.74) is 21.0. The van der Waals surface area contributed by atoms with Gasteiger partial charge in [0.2, 0.25) is 23.6 Å². The van der Waals surface area contributed by atoms with Gasteiger partial charge in [0, 0.05) is 188 Å². The van der Waals surface area contributed by atoms with Crippen LogP contribution in [0, 0.1) is 121 Å². The summed E-state index contributed by atoms with van der Waals surface area (Å²) in [6.45, 7) is 11.1. The number of nitrogens with zero attached hydrogens (tertiary/aromatic N) is 10. The minimum absolute atomic E-state index is 0. The number of H-pyrrole nitrogens is 2. The first-order chi connectivity index (χ1) is 53.8. The molecule has 114 heavy (non-hydrogen) atoms. The second kappa shape index (κ2) is 41.9. The smallest absolute Gasteiger partial charge is 0.848 e. The fraction of sp³-hybridized carbons (Fsp3) is 0.381. The summed E-state index contributed by atoms with van der Waals surface area (Å²) in [6.07, 6.45) is 8.16. The molecule has 8 bridgehead atoms. The largest absolute Gasteiger partial charge is 3.00 e. The van der Waals surface area contributed by atoms with E-state index in [1.54, 1.807) is 19.6 Å². The second-order valence-corrected chi connectivity index (χ2v) is 29.2. The predicted octanol–water partition coefficient (Wildman–Crippen LogP) is -0.377. The molecular weight excluding hydrogens is 1740 g/mol. The molecule has 28 nitrogen and oxygen atoms in total. The van der Waals surface area contributed by atoms with E-state index in [1.165, 1.54) is 19.6 Å². The number of aromatic nitrogens is 4. The maximum Gasteiger partial charge on any atom is 3.00 e. The average molecular weight is 1840 g/mol. The van der Waals surface area contributed by atoms with E-state index in [9.17, 15) is 69.0 Å². The summed E-state index contributed by atoms with van der Waals surface area (Å²) < 4.78 is 0. The summed E-state index contributed by atoms with van der Waals surface area (Å²) in [6, 6.07) is 32.8. The number of carbonyl (C=O) groups excluding carboxylic acids is 8. The van der Waals surface area contributed by atoms with Crippen LogP contribution in [0.1, 0.15) is 67.3 Å². The zero-order valence-corrected chi connectivity index (χ0v) is 69.4. The molecule has 30 heteroatoms. The van der Waals surface area contributed by atoms with Gasteiger partial charge in [0.1, 0.15) is 0 Å². The summed E-state index contributed by atoms with van der Waals surface area (Å²) in [4.78, 5) is 132. The Hall–Kier alpha value is -8.43. The number of nitrogens with one attached hydrogen (secondary N) is 4. The van der Waals surface area contributed by atoms with E-state index in [4.69, 9.17) is 9.97 Å². The van der Waals surface area contributed by atoms with Gasteiger partial charge in [0.05, 0.1) is 59.7 Å². The van der Waals surface area contributed by atoms with Crippen LogP contribution in [0.4, 0.5) is 0 Å². The normalized spacial score (nSPS) is 15.5. The van der Waals surface area contributed by atoms with E-state index < -0.39 is 75.1 Å². The van der Waals surface area contributed by atoms with Gasteiger partial charge in [0.15, 0.2) is 0 Å². The second-order valence-electron chi connectivity index (χ2n) is 29.2. The van der Waals surface area contributed by atoms with Crippen molar-refractivity contribution in [3.05, 3.63) is 164 Å². The van der Waals surface area contributed by atoms with E-state index in [2.05, 4.69) is 111 Å². The first-order valence-corrected chi connectivity index (χ1v) is 37.7. The summed E-state index contributed by atoms with van der Waals surface area (Å²) in [5.74, 6) is -7.30. The van der Waals surface area contributed by atoms with Crippen molar-refractivity contribution in [3.63, 3.8) is 0 Å². The quantitative estimate of drug-likeness (QED) is 0.0672. The Morgan fingerprint density at radius 1 is 0.342 bits per heavy atom. The maximum atomic E-state index is 13.9. The van der Waals surface area contributed by atoms with Crippen LogP contribution in [-0.2, 0) is 51.4 Å². The van der Waals surface area contributed by atoms with Crippen LogP contribution in [0.5, 0.6) is 0 Å². The zero-order chi connectivity index (χ0) is 79.9. The number of carboxylic acids is 4. The van der Waals surface area contributed by atoms with Gasteiger partial charge in [-0.15, -0.1) is 0 Å². The van der Waals surface area contributed by atoms with Gasteiger partial charge in [-0.25, -0.2) is 9.97 Å². The fourth-order valence-corrected chi connectivity index (χ4v) is 15.4. The molecule has 4 amide bonds. The molecule has 4 aliphatic heterocycles. The van der Waals surface area contributed by atoms with E-state index in [0.717, 1.165) is 111 Å². The maximum absolute atomic E-state index is 13.9. The van der Waals surface area contributed by atoms with E-state index in [1.807, 2.05) is 72.8 Å². The fourth-order valence-electron chi connectivity index (χ4n) is 15.4. The van der Waals surface area contributed by atoms with Gasteiger partial charge in [0.25, 0.3) is 0 Å². The Kier molecular flexibility index (Phi) is 32.9. The first-order valence-electron chi connectivity index (χ1n) is 37.7. The Morgan fingerprint density at radius 2 is 0.588 bits per heavy atom. The SMILES string of the molecule is Cc1cc(C)c(-c2c3nc(c(-c4ccc(CNC(=O)CN5CCN(CC(=O)[O-])CCN(CC(=O)[O-])CCN(C(=O)C[O-])CC5)cc4)c4ccc([nH]4)c(-c4c(C)cc(C)cc4C)c4nc(c(-c5ccc(CNC(=O)CN6CCN(CC(=O)[O-])CCN(CC(=O)[O-])CCN(C(=O)C[O-])CC6)cc5)c5ccc2[nH]5)C=C4)C=C3)c(C)c1.[Gd+3].[Gd+3]. The predicted molar refractivity (Wildman–Crippen MR) is 414 cm³/mol. The molecule has 0 unspecified atom stereocenters. The number of aryl methyl sites for hydroxylation is 6. The number of aliphatic carboxylic acids is 4. The number of amides is 4. The minimum Gasteiger partial charge on any atom is -0.848 e. The molecule has 4 N–H and O–H groups in total. The number of hydrogen-bond acceptors (Lipinski definition) is 22. The number of rotatable bonds is 22. The van der Waals surface area contributed by atoms with Crippen molar-refractivity contribution in [1.29, 1.82) is 0 Å². The van der Waals surface area contributed by atoms with Crippen molar-refractivity contribution in [3.8, 4) is 44.5 Å². The molecule has 2 radical (unpaired) electrons. The van der Waals surface area contributed by atoms with Crippen molar-refractivity contribution >= 4 is 93.9 Å². The molecule has 7 heterocycles. The van der Waals surface area contributed by atoms with Gasteiger partial charge in [-0.2, -0.15) is 0 Å². The van der Waals surface area contributed by atoms with Crippen LogP contribution in [-0.4, -0.2) is 264 Å². The van der Waals surface area contributed by atoms with Crippen molar-refractivity contribution in [2.24, 2.45) is 0 Å². The number of aromatic amines is 2. The van der Waals surface area contributed by atoms with Crippen molar-refractivity contribution in [2.45, 2.75) is 54.6 Å². The molecule has 0 saturated carbocycles. The third-order valence-electron chi connectivity index (χ3n) is 20.8. The van der Waals surface area contributed by atoms with Crippen LogP contribution in [0.15, 0.2) is 97.1 Å². The number of carboxylic acid groups (broad SMARTS) is 4. The topological polar surface area (TPSA) is 382 Å². The molecule has 4 aromatic carbocycles. The Labute approximate surface area is 726 Å². The average Bonchev–Trinajstić information content (AvgIpc) is 1.60. The van der Waals surface area contributed by atoms with Crippen LogP contribution in [0.3, 0.4) is 0 Å². The molecule has 0 atom stereocenters. The van der Waals surface area contributed by atoms with Crippen LogP contribution in [0.25, 0.3) is 90.9 Å². The molecular formula is C84H94Gd2N14O14. The monoisotopic (exact) mass is 1840 g/mol. The Balaban J connectivity index is 0.00000744. The summed E-state index contributed by atoms with van der Waals surface area (Å²) >= 11 is 0. The third-order valence-corrected chi connectivity index (χ3v) is 20.8. The van der Waals surface area contributed by atoms with Crippen LogP contribution >= 0.6 is 0 Å². The summed E-state index contributed by atoms with van der Waals surface area (Å²) in [7, 11) is 0. The Morgan fingerprint density at radius 3 is 0.851 bits per heavy atom. The van der Waals surface area contributed by atoms with Gasteiger partial charge >= 0.3 is 79.9 Å². The molecule has 2 saturated heterocycles. The van der Waals surface area contributed by atoms with Crippen molar-refractivity contribution in [1.82, 2.24) is 69.8 Å². The van der Waals surface area contributed by atoms with Crippen LogP contribution < -0.4 is 41.3 Å². The van der Waals surface area contributed by atoms with E-state index in [-0.39, 0.29) is 223 Å². The standard InChI is InChI=1S/C84H98N14O14.2Gd/c1-53-39-55(3)79(56(4)40-53)83-67-19-15-63(87-67)81(61-11-7-59(8-12-61)43-85-71(101)45-91-23-25-93(47-75(105)106)27-29-95(49-77(109)110)33-37-97(35-31-91)73(103)51-99)65-17-21-69(89-65)84(80-57(5)41-54(2)42-58(80)6)70-22-18-66(90-70)82(64-16-20-68(83)88-64)62-13-9-60(10-14-62)44-86-72(102)46-92-24-26-94(48-76(107)108)28-30-96(50-78(111)112)34-38-98(36-32-92)74(104)52-100;;/h7-22,39-42,87,90H,23-38,43-52H2,1-6H3,(H,85,101)(H,86,102)(H,105,106)(H,107,108)(H,109,110)(H,111,112);;/q-2;2*+3/p-4. The van der Waals surface area contributed by atoms with E-state index >= 15 is 0 Å². The molecule has 3 aromatic heterocycles. The van der Waals surface area contributed by atoms with Gasteiger partial charge < -0.3 is 80.2 Å².